The van der Waals surface area contributed by atoms with E-state index in [4.69, 9.17) is 0 Å². The number of hydrogen-bond donors (Lipinski definition) is 1. The van der Waals surface area contributed by atoms with Crippen molar-refractivity contribution in [1.82, 2.24) is 0 Å². The number of benzene rings is 1. The predicted octanol–water partition coefficient (Wildman–Crippen LogP) is 5.13. The van der Waals surface area contributed by atoms with Gasteiger partial charge in [-0.05, 0) is 44.1 Å². The third-order valence-electron chi connectivity index (χ3n) is 5.27. The number of nitrogens with one attached hydrogen (secondary N) is 1. The Morgan fingerprint density at radius 2 is 1.78 bits per heavy atom. The molecule has 1 atom stereocenters. The molecule has 1 aromatic rings. The first-order chi connectivity index (χ1) is 11.3. The molecule has 0 radical (unpaired) electrons. The molecule has 2 fully saturated rings. The van der Waals surface area contributed by atoms with Gasteiger partial charge in [0, 0.05) is 17.7 Å². The minimum absolute atomic E-state index is 0.0851. The Morgan fingerprint density at radius 3 is 2.57 bits per heavy atom. The molecular weight excluding hydrogens is 290 g/mol. The van der Waals surface area contributed by atoms with Crippen LogP contribution in [0.3, 0.4) is 0 Å². The van der Waals surface area contributed by atoms with Crippen LogP contribution in [0.4, 0.5) is 11.4 Å². The van der Waals surface area contributed by atoms with Crippen LogP contribution in [-0.2, 0) is 0 Å². The van der Waals surface area contributed by atoms with Gasteiger partial charge in [0.15, 0.2) is 0 Å². The van der Waals surface area contributed by atoms with Crippen molar-refractivity contribution in [1.29, 1.82) is 0 Å². The van der Waals surface area contributed by atoms with Crippen molar-refractivity contribution in [3.63, 3.8) is 0 Å². The van der Waals surface area contributed by atoms with E-state index in [1.807, 2.05) is 0 Å². The van der Waals surface area contributed by atoms with Gasteiger partial charge in [-0.2, -0.15) is 5.10 Å². The van der Waals surface area contributed by atoms with E-state index in [1.54, 1.807) is 18.2 Å². The van der Waals surface area contributed by atoms with E-state index >= 15 is 0 Å². The molecule has 1 N–H and O–H groups in total. The Balaban J connectivity index is 1.75. The van der Waals surface area contributed by atoms with Gasteiger partial charge in [-0.3, -0.25) is 15.5 Å². The second-order valence-electron chi connectivity index (χ2n) is 6.74. The molecule has 1 aromatic carbocycles. The normalized spacial score (nSPS) is 24.5. The van der Waals surface area contributed by atoms with Crippen molar-refractivity contribution in [2.45, 2.75) is 57.8 Å². The van der Waals surface area contributed by atoms with Gasteiger partial charge in [-0.1, -0.05) is 37.8 Å². The molecule has 0 amide bonds. The van der Waals surface area contributed by atoms with Gasteiger partial charge in [0.25, 0.3) is 5.69 Å². The Kier molecular flexibility index (Phi) is 5.26. The second-order valence-corrected chi connectivity index (χ2v) is 6.74. The highest BCUT2D eigenvalue weighted by atomic mass is 16.6. The Morgan fingerprint density at radius 1 is 1.04 bits per heavy atom. The van der Waals surface area contributed by atoms with E-state index in [-0.39, 0.29) is 10.6 Å². The smallest absolute Gasteiger partial charge is 0.272 e. The summed E-state index contributed by atoms with van der Waals surface area (Å²) in [6, 6.07) is 6.72. The third-order valence-corrected chi connectivity index (χ3v) is 5.27. The Labute approximate surface area is 137 Å². The van der Waals surface area contributed by atoms with Crippen LogP contribution in [-0.4, -0.2) is 10.6 Å². The fraction of sp³-hybridized carbons (Fsp3) is 0.611. The minimum Gasteiger partial charge on any atom is -0.272 e. The number of hydrogen-bond acceptors (Lipinski definition) is 4. The topological polar surface area (TPSA) is 67.5 Å². The molecule has 0 saturated heterocycles. The summed E-state index contributed by atoms with van der Waals surface area (Å²) in [6.07, 6.45) is 11.4. The number of nitro benzene ring substituents is 1. The number of hydrazone groups is 1. The van der Waals surface area contributed by atoms with E-state index in [0.29, 0.717) is 11.6 Å². The van der Waals surface area contributed by atoms with Crippen molar-refractivity contribution in [2.75, 3.05) is 5.43 Å². The quantitative estimate of drug-likeness (QED) is 0.618. The van der Waals surface area contributed by atoms with Gasteiger partial charge in [0.05, 0.1) is 4.92 Å². The number of nitrogens with zero attached hydrogens (tertiary/aromatic N) is 2. The van der Waals surface area contributed by atoms with Gasteiger partial charge in [0.2, 0.25) is 0 Å². The standard InChI is InChI=1S/C18H25N3O2/c22-21(23)18-13-7-6-12-17(18)20-19-16-11-5-4-10-15(16)14-8-2-1-3-9-14/h6-7,12-15,20H,1-5,8-11H2/t15-/m1/s1. The molecule has 0 spiro atoms. The third kappa shape index (κ3) is 3.89. The van der Waals surface area contributed by atoms with Crippen molar-refractivity contribution in [3.8, 4) is 0 Å². The van der Waals surface area contributed by atoms with E-state index in [2.05, 4.69) is 10.5 Å². The lowest BCUT2D eigenvalue weighted by atomic mass is 9.72. The summed E-state index contributed by atoms with van der Waals surface area (Å²) in [5.74, 6) is 1.33. The van der Waals surface area contributed by atoms with E-state index in [9.17, 15) is 10.1 Å². The maximum Gasteiger partial charge on any atom is 0.294 e. The van der Waals surface area contributed by atoms with Crippen LogP contribution in [0, 0.1) is 22.0 Å². The van der Waals surface area contributed by atoms with Crippen molar-refractivity contribution in [3.05, 3.63) is 34.4 Å². The highest BCUT2D eigenvalue weighted by molar-refractivity contribution is 5.88. The first-order valence-electron chi connectivity index (χ1n) is 8.81. The van der Waals surface area contributed by atoms with Crippen LogP contribution >= 0.6 is 0 Å². The van der Waals surface area contributed by atoms with Gasteiger partial charge < -0.3 is 0 Å². The van der Waals surface area contributed by atoms with Crippen LogP contribution in [0.15, 0.2) is 29.4 Å². The number of nitro groups is 1. The molecule has 2 aliphatic rings. The van der Waals surface area contributed by atoms with Crippen molar-refractivity contribution >= 4 is 17.1 Å². The van der Waals surface area contributed by atoms with E-state index in [1.165, 1.54) is 63.1 Å². The van der Waals surface area contributed by atoms with Crippen LogP contribution in [0.25, 0.3) is 0 Å². The molecule has 0 heterocycles. The lowest BCUT2D eigenvalue weighted by Gasteiger charge is -2.34. The summed E-state index contributed by atoms with van der Waals surface area (Å²) in [7, 11) is 0. The highest BCUT2D eigenvalue weighted by Gasteiger charge is 2.29. The summed E-state index contributed by atoms with van der Waals surface area (Å²) in [4.78, 5) is 10.7. The predicted molar refractivity (Wildman–Crippen MR) is 92.7 cm³/mol. The number of anilines is 1. The van der Waals surface area contributed by atoms with Gasteiger partial charge in [-0.15, -0.1) is 0 Å². The van der Waals surface area contributed by atoms with Crippen molar-refractivity contribution < 1.29 is 4.92 Å². The zero-order chi connectivity index (χ0) is 16.1. The SMILES string of the molecule is O=[N+]([O-])c1ccccc1NN=C1CCCC[C@@H]1C1CCCCC1. The summed E-state index contributed by atoms with van der Waals surface area (Å²) >= 11 is 0. The van der Waals surface area contributed by atoms with Gasteiger partial charge in [-0.25, -0.2) is 0 Å². The molecule has 2 saturated carbocycles. The molecular formula is C18H25N3O2. The molecule has 0 aromatic heterocycles. The second kappa shape index (κ2) is 7.57. The minimum atomic E-state index is -0.359. The van der Waals surface area contributed by atoms with Crippen LogP contribution < -0.4 is 5.43 Å². The fourth-order valence-corrected chi connectivity index (χ4v) is 4.06. The van der Waals surface area contributed by atoms with Gasteiger partial charge in [0.1, 0.15) is 5.69 Å². The van der Waals surface area contributed by atoms with Crippen LogP contribution in [0.2, 0.25) is 0 Å². The molecule has 5 heteroatoms. The molecule has 5 nitrogen and oxygen atoms in total. The largest absolute Gasteiger partial charge is 0.294 e. The maximum absolute atomic E-state index is 11.1. The lowest BCUT2D eigenvalue weighted by molar-refractivity contribution is -0.384. The number of rotatable bonds is 4. The molecule has 0 bridgehead atoms. The molecule has 23 heavy (non-hydrogen) atoms. The summed E-state index contributed by atoms with van der Waals surface area (Å²) in [5, 5.41) is 15.7. The molecule has 3 rings (SSSR count). The lowest BCUT2D eigenvalue weighted by Crippen LogP contribution is -2.29. The summed E-state index contributed by atoms with van der Waals surface area (Å²) in [6.45, 7) is 0. The van der Waals surface area contributed by atoms with Gasteiger partial charge >= 0.3 is 0 Å². The molecule has 0 unspecified atom stereocenters. The summed E-state index contributed by atoms with van der Waals surface area (Å²) in [5.41, 5.74) is 4.77. The highest BCUT2D eigenvalue weighted by Crippen LogP contribution is 2.37. The zero-order valence-corrected chi connectivity index (χ0v) is 13.5. The zero-order valence-electron chi connectivity index (χ0n) is 13.5. The van der Waals surface area contributed by atoms with E-state index < -0.39 is 0 Å². The van der Waals surface area contributed by atoms with Crippen molar-refractivity contribution in [2.24, 2.45) is 16.9 Å². The average molecular weight is 315 g/mol. The van der Waals surface area contributed by atoms with E-state index in [0.717, 1.165) is 12.3 Å². The first kappa shape index (κ1) is 16.0. The summed E-state index contributed by atoms with van der Waals surface area (Å²) < 4.78 is 0. The van der Waals surface area contributed by atoms with Crippen LogP contribution in [0.1, 0.15) is 57.8 Å². The van der Waals surface area contributed by atoms with Crippen LogP contribution in [0.5, 0.6) is 0 Å². The monoisotopic (exact) mass is 315 g/mol. The first-order valence-corrected chi connectivity index (χ1v) is 8.81. The number of para-hydroxylation sites is 2. The average Bonchev–Trinajstić information content (AvgIpc) is 2.61. The maximum atomic E-state index is 11.1. The molecule has 2 aliphatic carbocycles. The fourth-order valence-electron chi connectivity index (χ4n) is 4.06. The Bertz CT molecular complexity index is 579. The molecule has 0 aliphatic heterocycles. The molecule has 124 valence electrons. The Hall–Kier alpha value is -1.91.